The standard InChI is InChI=1S/C29H26F6N6O/c1-40-8-10-41(11-9-40)17-19-3-5-22(14-24(19)29(33,34)35)39-27(42)20-12-18(15-38-16-20)2-6-25(36)23-13-21(28(30,31)32)4-7-26(23)37/h3-5,7,12-16,36H,8-11,17,37H2,1H3,(H,39,42). The van der Waals surface area contributed by atoms with E-state index in [1.165, 1.54) is 30.6 Å². The molecular weight excluding hydrogens is 562 g/mol. The van der Waals surface area contributed by atoms with E-state index < -0.39 is 35.1 Å². The number of rotatable bonds is 5. The second kappa shape index (κ2) is 12.2. The second-order valence-electron chi connectivity index (χ2n) is 9.79. The normalized spacial score (nSPS) is 14.6. The van der Waals surface area contributed by atoms with Crippen molar-refractivity contribution in [3.05, 3.63) is 88.2 Å². The summed E-state index contributed by atoms with van der Waals surface area (Å²) in [7, 11) is 1.95. The number of hydrogen-bond acceptors (Lipinski definition) is 6. The number of carbonyl (C=O) groups is 1. The van der Waals surface area contributed by atoms with E-state index in [4.69, 9.17) is 11.1 Å². The van der Waals surface area contributed by atoms with Gasteiger partial charge in [0.1, 0.15) is 5.71 Å². The number of nitrogens with one attached hydrogen (secondary N) is 2. The van der Waals surface area contributed by atoms with Crippen LogP contribution in [0.25, 0.3) is 0 Å². The van der Waals surface area contributed by atoms with Crippen molar-refractivity contribution in [1.82, 2.24) is 14.8 Å². The summed E-state index contributed by atoms with van der Waals surface area (Å²) in [6.07, 6.45) is -6.81. The Morgan fingerprint density at radius 3 is 2.38 bits per heavy atom. The van der Waals surface area contributed by atoms with E-state index in [1.807, 2.05) is 11.9 Å². The highest BCUT2D eigenvalue weighted by Gasteiger charge is 2.34. The maximum absolute atomic E-state index is 13.9. The largest absolute Gasteiger partial charge is 0.416 e. The average Bonchev–Trinajstić information content (AvgIpc) is 2.93. The number of nitrogens with two attached hydrogens (primary N) is 1. The van der Waals surface area contributed by atoms with E-state index in [2.05, 4.69) is 27.0 Å². The van der Waals surface area contributed by atoms with Crippen molar-refractivity contribution in [2.75, 3.05) is 44.3 Å². The van der Waals surface area contributed by atoms with Crippen LogP contribution in [0.4, 0.5) is 37.7 Å². The minimum Gasteiger partial charge on any atom is -0.398 e. The van der Waals surface area contributed by atoms with Gasteiger partial charge in [0.2, 0.25) is 0 Å². The molecule has 2 heterocycles. The van der Waals surface area contributed by atoms with E-state index in [9.17, 15) is 31.1 Å². The van der Waals surface area contributed by atoms with E-state index in [-0.39, 0.29) is 40.2 Å². The summed E-state index contributed by atoms with van der Waals surface area (Å²) in [5, 5.41) is 10.5. The first kappa shape index (κ1) is 30.5. The minimum absolute atomic E-state index is 0.0259. The van der Waals surface area contributed by atoms with Gasteiger partial charge in [0.05, 0.1) is 16.7 Å². The van der Waals surface area contributed by atoms with Gasteiger partial charge in [-0.2, -0.15) is 26.3 Å². The predicted octanol–water partition coefficient (Wildman–Crippen LogP) is 5.12. The van der Waals surface area contributed by atoms with Crippen LogP contribution in [0.2, 0.25) is 0 Å². The summed E-state index contributed by atoms with van der Waals surface area (Å²) in [6.45, 7) is 2.93. The molecule has 1 aliphatic heterocycles. The Bertz CT molecular complexity index is 1550. The molecule has 1 saturated heterocycles. The van der Waals surface area contributed by atoms with Crippen molar-refractivity contribution in [2.24, 2.45) is 0 Å². The fraction of sp³-hybridized carbons (Fsp3) is 0.276. The van der Waals surface area contributed by atoms with Crippen LogP contribution in [0.3, 0.4) is 0 Å². The number of anilines is 2. The van der Waals surface area contributed by atoms with Gasteiger partial charge >= 0.3 is 12.4 Å². The van der Waals surface area contributed by atoms with E-state index in [0.29, 0.717) is 13.1 Å². The van der Waals surface area contributed by atoms with Gasteiger partial charge in [-0.3, -0.25) is 20.1 Å². The number of nitrogen functional groups attached to an aromatic ring is 1. The topological polar surface area (TPSA) is 98.3 Å². The van der Waals surface area contributed by atoms with Gasteiger partial charge in [-0.25, -0.2) is 0 Å². The van der Waals surface area contributed by atoms with Crippen LogP contribution in [0.1, 0.15) is 38.2 Å². The molecule has 220 valence electrons. The van der Waals surface area contributed by atoms with Crippen LogP contribution in [0, 0.1) is 17.3 Å². The molecule has 0 bridgehead atoms. The molecule has 0 unspecified atom stereocenters. The third-order valence-corrected chi connectivity index (χ3v) is 6.65. The van der Waals surface area contributed by atoms with Gasteiger partial charge in [0, 0.05) is 67.6 Å². The first-order valence-electron chi connectivity index (χ1n) is 12.7. The first-order chi connectivity index (χ1) is 19.7. The highest BCUT2D eigenvalue weighted by molar-refractivity contribution is 6.14. The molecule has 0 atom stereocenters. The summed E-state index contributed by atoms with van der Waals surface area (Å²) in [5.74, 6) is 4.21. The quantitative estimate of drug-likeness (QED) is 0.166. The second-order valence-corrected chi connectivity index (χ2v) is 9.79. The van der Waals surface area contributed by atoms with E-state index >= 15 is 0 Å². The molecule has 0 saturated carbocycles. The number of amides is 1. The van der Waals surface area contributed by atoms with Crippen LogP contribution < -0.4 is 11.1 Å². The Morgan fingerprint density at radius 2 is 1.71 bits per heavy atom. The number of halogens is 6. The number of hydrogen-bond donors (Lipinski definition) is 3. The lowest BCUT2D eigenvalue weighted by Crippen LogP contribution is -2.44. The highest BCUT2D eigenvalue weighted by Crippen LogP contribution is 2.35. The smallest absolute Gasteiger partial charge is 0.398 e. The van der Waals surface area contributed by atoms with Crippen molar-refractivity contribution < 1.29 is 31.1 Å². The third-order valence-electron chi connectivity index (χ3n) is 6.65. The van der Waals surface area contributed by atoms with Crippen LogP contribution in [0.15, 0.2) is 54.9 Å². The average molecular weight is 589 g/mol. The molecule has 0 radical (unpaired) electrons. The summed E-state index contributed by atoms with van der Waals surface area (Å²) in [4.78, 5) is 20.8. The zero-order valence-electron chi connectivity index (χ0n) is 22.3. The minimum atomic E-state index is -4.63. The number of benzene rings is 2. The van der Waals surface area contributed by atoms with Crippen molar-refractivity contribution >= 4 is 23.0 Å². The highest BCUT2D eigenvalue weighted by atomic mass is 19.4. The first-order valence-corrected chi connectivity index (χ1v) is 12.7. The summed E-state index contributed by atoms with van der Waals surface area (Å²) < 4.78 is 80.8. The molecule has 4 N–H and O–H groups in total. The lowest BCUT2D eigenvalue weighted by atomic mass is 10.0. The molecule has 1 fully saturated rings. The van der Waals surface area contributed by atoms with Gasteiger partial charge in [0.25, 0.3) is 5.91 Å². The van der Waals surface area contributed by atoms with Gasteiger partial charge < -0.3 is 16.0 Å². The number of pyridine rings is 1. The molecule has 0 aliphatic carbocycles. The Labute approximate surface area is 237 Å². The molecule has 3 aromatic rings. The SMILES string of the molecule is CN1CCN(Cc2ccc(NC(=O)c3cncc(C#CC(=N)c4cc(C(F)(F)F)ccc4N)c3)cc2C(F)(F)F)CC1. The van der Waals surface area contributed by atoms with E-state index in [0.717, 1.165) is 37.4 Å². The Balaban J connectivity index is 1.50. The number of piperazine rings is 1. The van der Waals surface area contributed by atoms with Crippen LogP contribution in [0.5, 0.6) is 0 Å². The van der Waals surface area contributed by atoms with Crippen LogP contribution in [-0.4, -0.2) is 59.6 Å². The number of carbonyl (C=O) groups excluding carboxylic acids is 1. The lowest BCUT2D eigenvalue weighted by Gasteiger charge is -2.33. The maximum Gasteiger partial charge on any atom is 0.416 e. The van der Waals surface area contributed by atoms with Crippen molar-refractivity contribution in [2.45, 2.75) is 18.9 Å². The number of likely N-dealkylation sites (N-methyl/N-ethyl adjacent to an activating group) is 1. The van der Waals surface area contributed by atoms with Crippen molar-refractivity contribution in [3.63, 3.8) is 0 Å². The van der Waals surface area contributed by atoms with E-state index in [1.54, 1.807) is 0 Å². The molecule has 7 nitrogen and oxygen atoms in total. The molecule has 42 heavy (non-hydrogen) atoms. The molecule has 1 aliphatic rings. The van der Waals surface area contributed by atoms with Gasteiger partial charge in [-0.05, 0) is 54.9 Å². The van der Waals surface area contributed by atoms with Crippen LogP contribution in [-0.2, 0) is 18.9 Å². The zero-order chi connectivity index (χ0) is 30.7. The molecule has 0 spiro atoms. The fourth-order valence-corrected chi connectivity index (χ4v) is 4.29. The lowest BCUT2D eigenvalue weighted by molar-refractivity contribution is -0.139. The van der Waals surface area contributed by atoms with Gasteiger partial charge in [-0.1, -0.05) is 12.0 Å². The number of nitrogens with zero attached hydrogens (tertiary/aromatic N) is 3. The van der Waals surface area contributed by atoms with Crippen LogP contribution >= 0.6 is 0 Å². The monoisotopic (exact) mass is 588 g/mol. The van der Waals surface area contributed by atoms with Crippen molar-refractivity contribution in [1.29, 1.82) is 5.41 Å². The zero-order valence-corrected chi connectivity index (χ0v) is 22.3. The Kier molecular flexibility index (Phi) is 8.89. The number of alkyl halides is 6. The fourth-order valence-electron chi connectivity index (χ4n) is 4.29. The molecule has 4 rings (SSSR count). The Hall–Kier alpha value is -4.41. The molecule has 1 aromatic heterocycles. The molecule has 13 heteroatoms. The molecular formula is C29H26F6N6O. The summed E-state index contributed by atoms with van der Waals surface area (Å²) >= 11 is 0. The van der Waals surface area contributed by atoms with Crippen molar-refractivity contribution in [3.8, 4) is 11.8 Å². The summed E-state index contributed by atoms with van der Waals surface area (Å²) in [5.41, 5.74) is 3.30. The Morgan fingerprint density at radius 1 is 1.00 bits per heavy atom. The number of aromatic nitrogens is 1. The van der Waals surface area contributed by atoms with Gasteiger partial charge in [0.15, 0.2) is 0 Å². The maximum atomic E-state index is 13.9. The molecule has 1 amide bonds. The predicted molar refractivity (Wildman–Crippen MR) is 146 cm³/mol. The summed E-state index contributed by atoms with van der Waals surface area (Å²) in [6, 6.07) is 7.48. The third kappa shape index (κ3) is 7.65. The molecule has 2 aromatic carbocycles. The van der Waals surface area contributed by atoms with Gasteiger partial charge in [-0.15, -0.1) is 0 Å².